The molecule has 11 heavy (non-hydrogen) atoms. The van der Waals surface area contributed by atoms with Crippen LogP contribution in [-0.4, -0.2) is 33.5 Å². The summed E-state index contributed by atoms with van der Waals surface area (Å²) in [4.78, 5) is 10.5. The maximum absolute atomic E-state index is 10.5. The first kappa shape index (κ1) is 10.2. The van der Waals surface area contributed by atoms with Gasteiger partial charge >= 0.3 is 6.09 Å². The van der Waals surface area contributed by atoms with Crippen molar-refractivity contribution in [1.82, 2.24) is 5.32 Å². The van der Waals surface area contributed by atoms with Crippen molar-refractivity contribution in [3.63, 3.8) is 0 Å². The Bertz CT molecular complexity index is 116. The molecule has 0 aliphatic heterocycles. The van der Waals surface area contributed by atoms with Gasteiger partial charge in [0, 0.05) is 13.7 Å². The molecule has 0 saturated carbocycles. The van der Waals surface area contributed by atoms with E-state index in [1.807, 2.05) is 6.92 Å². The van der Waals surface area contributed by atoms with E-state index in [9.17, 15) is 4.79 Å². The van der Waals surface area contributed by atoms with Crippen LogP contribution in [0.15, 0.2) is 0 Å². The summed E-state index contributed by atoms with van der Waals surface area (Å²) in [6, 6.07) is 0. The van der Waals surface area contributed by atoms with Crippen LogP contribution < -0.4 is 5.32 Å². The number of rotatable bonds is 4. The van der Waals surface area contributed by atoms with Gasteiger partial charge in [0.1, 0.15) is 0 Å². The van der Waals surface area contributed by atoms with Crippen molar-refractivity contribution in [1.29, 1.82) is 0 Å². The van der Waals surface area contributed by atoms with Crippen LogP contribution in [-0.2, 0) is 9.47 Å². The Morgan fingerprint density at radius 1 is 1.55 bits per heavy atom. The number of carbonyl (C=O) groups excluding carboxylic acids is 1. The van der Waals surface area contributed by atoms with Gasteiger partial charge in [0.05, 0.1) is 13.7 Å². The fraction of sp³-hybridized carbons (Fsp3) is 0.857. The summed E-state index contributed by atoms with van der Waals surface area (Å²) in [5.74, 6) is 0.319. The number of hydrogen-bond acceptors (Lipinski definition) is 3. The van der Waals surface area contributed by atoms with Gasteiger partial charge in [-0.1, -0.05) is 6.92 Å². The minimum atomic E-state index is -0.395. The fourth-order valence-electron chi connectivity index (χ4n) is 0.673. The van der Waals surface area contributed by atoms with Gasteiger partial charge < -0.3 is 14.8 Å². The molecule has 4 nitrogen and oxygen atoms in total. The van der Waals surface area contributed by atoms with Crippen LogP contribution in [0.25, 0.3) is 0 Å². The molecular formula is C7H15NO3. The third kappa shape index (κ3) is 5.66. The van der Waals surface area contributed by atoms with E-state index in [0.717, 1.165) is 0 Å². The van der Waals surface area contributed by atoms with Gasteiger partial charge in [-0.25, -0.2) is 4.79 Å². The van der Waals surface area contributed by atoms with Crippen molar-refractivity contribution < 1.29 is 14.3 Å². The molecule has 0 fully saturated rings. The molecule has 66 valence electrons. The van der Waals surface area contributed by atoms with Crippen molar-refractivity contribution in [2.45, 2.75) is 6.92 Å². The third-order valence-electron chi connectivity index (χ3n) is 1.23. The fourth-order valence-corrected chi connectivity index (χ4v) is 0.673. The second-order valence-electron chi connectivity index (χ2n) is 2.43. The van der Waals surface area contributed by atoms with E-state index < -0.39 is 6.09 Å². The van der Waals surface area contributed by atoms with Crippen molar-refractivity contribution >= 4 is 6.09 Å². The first-order valence-electron chi connectivity index (χ1n) is 3.51. The lowest BCUT2D eigenvalue weighted by atomic mass is 10.2. The van der Waals surface area contributed by atoms with E-state index in [-0.39, 0.29) is 0 Å². The lowest BCUT2D eigenvalue weighted by Crippen LogP contribution is -2.29. The van der Waals surface area contributed by atoms with E-state index in [1.54, 1.807) is 7.11 Å². The van der Waals surface area contributed by atoms with E-state index in [2.05, 4.69) is 10.1 Å². The van der Waals surface area contributed by atoms with Crippen molar-refractivity contribution in [2.75, 3.05) is 27.4 Å². The topological polar surface area (TPSA) is 47.6 Å². The Hall–Kier alpha value is -0.770. The van der Waals surface area contributed by atoms with Crippen molar-refractivity contribution in [3.8, 4) is 0 Å². The van der Waals surface area contributed by atoms with Gasteiger partial charge in [-0.2, -0.15) is 0 Å². The highest BCUT2D eigenvalue weighted by Crippen LogP contribution is 1.91. The quantitative estimate of drug-likeness (QED) is 0.657. The molecule has 0 spiro atoms. The Morgan fingerprint density at radius 2 is 2.18 bits per heavy atom. The largest absolute Gasteiger partial charge is 0.453 e. The average molecular weight is 161 g/mol. The molecule has 0 heterocycles. The number of nitrogens with one attached hydrogen (secondary N) is 1. The van der Waals surface area contributed by atoms with Gasteiger partial charge in [-0.05, 0) is 5.92 Å². The van der Waals surface area contributed by atoms with Crippen LogP contribution in [0.2, 0.25) is 0 Å². The zero-order valence-electron chi connectivity index (χ0n) is 7.22. The van der Waals surface area contributed by atoms with Crippen molar-refractivity contribution in [2.24, 2.45) is 5.92 Å². The molecule has 0 aromatic carbocycles. The molecule has 0 aliphatic carbocycles. The van der Waals surface area contributed by atoms with Crippen LogP contribution in [0, 0.1) is 5.92 Å². The summed E-state index contributed by atoms with van der Waals surface area (Å²) >= 11 is 0. The summed E-state index contributed by atoms with van der Waals surface area (Å²) in [7, 11) is 2.98. The van der Waals surface area contributed by atoms with Crippen LogP contribution in [0.3, 0.4) is 0 Å². The number of alkyl carbamates (subject to hydrolysis) is 1. The predicted octanol–water partition coefficient (Wildman–Crippen LogP) is 0.625. The van der Waals surface area contributed by atoms with Crippen LogP contribution in [0.4, 0.5) is 4.79 Å². The average Bonchev–Trinajstić information content (AvgIpc) is 2.01. The van der Waals surface area contributed by atoms with E-state index in [1.165, 1.54) is 7.11 Å². The Labute approximate surface area is 66.9 Å². The van der Waals surface area contributed by atoms with Crippen LogP contribution >= 0.6 is 0 Å². The molecule has 4 heteroatoms. The maximum Gasteiger partial charge on any atom is 0.406 e. The minimum absolute atomic E-state index is 0.319. The molecule has 0 aliphatic rings. The summed E-state index contributed by atoms with van der Waals surface area (Å²) in [6.45, 7) is 3.21. The highest BCUT2D eigenvalue weighted by molar-refractivity contribution is 5.66. The predicted molar refractivity (Wildman–Crippen MR) is 41.4 cm³/mol. The molecule has 1 amide bonds. The molecule has 0 aromatic heterocycles. The van der Waals surface area contributed by atoms with Gasteiger partial charge in [0.15, 0.2) is 0 Å². The summed E-state index contributed by atoms with van der Waals surface area (Å²) in [5.41, 5.74) is 0. The monoisotopic (exact) mass is 161 g/mol. The van der Waals surface area contributed by atoms with Gasteiger partial charge in [-0.3, -0.25) is 0 Å². The van der Waals surface area contributed by atoms with E-state index >= 15 is 0 Å². The number of ether oxygens (including phenoxy) is 2. The number of hydrogen-bond donors (Lipinski definition) is 1. The third-order valence-corrected chi connectivity index (χ3v) is 1.23. The normalized spacial score (nSPS) is 12.3. The van der Waals surface area contributed by atoms with E-state index in [0.29, 0.717) is 19.1 Å². The lowest BCUT2D eigenvalue weighted by molar-refractivity contribution is 0.148. The second kappa shape index (κ2) is 5.97. The van der Waals surface area contributed by atoms with Crippen LogP contribution in [0.5, 0.6) is 0 Å². The maximum atomic E-state index is 10.5. The standard InChI is InChI=1S/C7H15NO3/c1-6(5-10-2)4-8-7(9)11-3/h6H,4-5H2,1-3H3,(H,8,9)/t6-/m1/s1. The van der Waals surface area contributed by atoms with E-state index in [4.69, 9.17) is 4.74 Å². The molecule has 0 rings (SSSR count). The molecule has 1 atom stereocenters. The molecule has 0 saturated heterocycles. The Morgan fingerprint density at radius 3 is 2.64 bits per heavy atom. The zero-order chi connectivity index (χ0) is 8.69. The first-order valence-corrected chi connectivity index (χ1v) is 3.51. The SMILES string of the molecule is COC[C@H](C)CNC(=O)OC. The van der Waals surface area contributed by atoms with Crippen molar-refractivity contribution in [3.05, 3.63) is 0 Å². The zero-order valence-corrected chi connectivity index (χ0v) is 7.22. The minimum Gasteiger partial charge on any atom is -0.453 e. The molecule has 1 N–H and O–H groups in total. The highest BCUT2D eigenvalue weighted by Gasteiger charge is 2.03. The second-order valence-corrected chi connectivity index (χ2v) is 2.43. The van der Waals surface area contributed by atoms with Crippen LogP contribution in [0.1, 0.15) is 6.92 Å². The van der Waals surface area contributed by atoms with Gasteiger partial charge in [0.2, 0.25) is 0 Å². The first-order chi connectivity index (χ1) is 5.20. The molecule has 0 unspecified atom stereocenters. The lowest BCUT2D eigenvalue weighted by Gasteiger charge is -2.09. The Kier molecular flexibility index (Phi) is 5.56. The smallest absolute Gasteiger partial charge is 0.406 e. The molecular weight excluding hydrogens is 146 g/mol. The molecule has 0 radical (unpaired) electrons. The summed E-state index contributed by atoms with van der Waals surface area (Å²) in [6.07, 6.45) is -0.395. The molecule has 0 aromatic rings. The summed E-state index contributed by atoms with van der Waals surface area (Å²) in [5, 5.41) is 2.58. The number of amides is 1. The molecule has 0 bridgehead atoms. The Balaban J connectivity index is 3.29. The van der Waals surface area contributed by atoms with Gasteiger partial charge in [-0.15, -0.1) is 0 Å². The number of carbonyl (C=O) groups is 1. The number of methoxy groups -OCH3 is 2. The van der Waals surface area contributed by atoms with Gasteiger partial charge in [0.25, 0.3) is 0 Å². The summed E-state index contributed by atoms with van der Waals surface area (Å²) < 4.78 is 9.27. The highest BCUT2D eigenvalue weighted by atomic mass is 16.5.